The van der Waals surface area contributed by atoms with Gasteiger partial charge in [-0.25, -0.2) is 0 Å². The minimum Gasteiger partial charge on any atom is -0.352 e. The number of rotatable bonds is 7. The van der Waals surface area contributed by atoms with Gasteiger partial charge in [-0.3, -0.25) is 24.3 Å². The van der Waals surface area contributed by atoms with Gasteiger partial charge in [0.15, 0.2) is 0 Å². The van der Waals surface area contributed by atoms with Gasteiger partial charge >= 0.3 is 5.69 Å². The van der Waals surface area contributed by atoms with Crippen molar-refractivity contribution in [3.63, 3.8) is 0 Å². The van der Waals surface area contributed by atoms with Crippen molar-refractivity contribution in [1.29, 1.82) is 0 Å². The highest BCUT2D eigenvalue weighted by molar-refractivity contribution is 5.75. The molecule has 2 rings (SSSR count). The van der Waals surface area contributed by atoms with Crippen LogP contribution in [0.15, 0.2) is 18.6 Å². The first-order valence-electron chi connectivity index (χ1n) is 6.96. The molecule has 0 unspecified atom stereocenters. The summed E-state index contributed by atoms with van der Waals surface area (Å²) in [6.45, 7) is 5.40. The molecule has 0 bridgehead atoms. The average Bonchev–Trinajstić information content (AvgIpc) is 3.09. The fourth-order valence-electron chi connectivity index (χ4n) is 1.96. The topological polar surface area (TPSA) is 108 Å². The van der Waals surface area contributed by atoms with E-state index in [0.29, 0.717) is 13.1 Å². The summed E-state index contributed by atoms with van der Waals surface area (Å²) in [7, 11) is 0. The van der Waals surface area contributed by atoms with E-state index in [0.717, 1.165) is 17.8 Å². The molecule has 9 nitrogen and oxygen atoms in total. The Labute approximate surface area is 127 Å². The van der Waals surface area contributed by atoms with Crippen molar-refractivity contribution in [2.45, 2.75) is 39.9 Å². The SMILES string of the molecule is CCn1cc(CNC(=O)CCn2cc([N+](=O)[O-])cn2)c(C)n1. The second kappa shape index (κ2) is 6.83. The molecule has 9 heteroatoms. The zero-order valence-electron chi connectivity index (χ0n) is 12.5. The molecule has 1 N–H and O–H groups in total. The summed E-state index contributed by atoms with van der Waals surface area (Å²) in [4.78, 5) is 21.8. The third kappa shape index (κ3) is 3.90. The molecule has 0 atom stereocenters. The van der Waals surface area contributed by atoms with E-state index >= 15 is 0 Å². The predicted molar refractivity (Wildman–Crippen MR) is 78.0 cm³/mol. The largest absolute Gasteiger partial charge is 0.352 e. The second-order valence-electron chi connectivity index (χ2n) is 4.84. The lowest BCUT2D eigenvalue weighted by atomic mass is 10.2. The molecule has 2 aromatic rings. The molecular weight excluding hydrogens is 288 g/mol. The van der Waals surface area contributed by atoms with E-state index in [2.05, 4.69) is 15.5 Å². The predicted octanol–water partition coefficient (Wildman–Crippen LogP) is 1.02. The molecule has 0 fully saturated rings. The quantitative estimate of drug-likeness (QED) is 0.607. The Bertz CT molecular complexity index is 675. The number of carbonyl (C=O) groups is 1. The van der Waals surface area contributed by atoms with Gasteiger partial charge in [0.2, 0.25) is 5.91 Å². The van der Waals surface area contributed by atoms with E-state index in [4.69, 9.17) is 0 Å². The first-order chi connectivity index (χ1) is 10.5. The molecule has 0 aromatic carbocycles. The van der Waals surface area contributed by atoms with Crippen LogP contribution >= 0.6 is 0 Å². The molecule has 1 amide bonds. The van der Waals surface area contributed by atoms with Crippen LogP contribution in [0.3, 0.4) is 0 Å². The van der Waals surface area contributed by atoms with Crippen molar-refractivity contribution < 1.29 is 9.72 Å². The van der Waals surface area contributed by atoms with Gasteiger partial charge in [-0.1, -0.05) is 0 Å². The summed E-state index contributed by atoms with van der Waals surface area (Å²) < 4.78 is 3.21. The van der Waals surface area contributed by atoms with Crippen molar-refractivity contribution in [2.24, 2.45) is 0 Å². The molecule has 0 radical (unpaired) electrons. The maximum absolute atomic E-state index is 11.8. The normalized spacial score (nSPS) is 10.6. The Kier molecular flexibility index (Phi) is 4.87. The van der Waals surface area contributed by atoms with Gasteiger partial charge in [-0.2, -0.15) is 10.2 Å². The van der Waals surface area contributed by atoms with E-state index in [1.807, 2.05) is 24.7 Å². The van der Waals surface area contributed by atoms with Crippen molar-refractivity contribution in [1.82, 2.24) is 24.9 Å². The number of carbonyl (C=O) groups excluding carboxylic acids is 1. The van der Waals surface area contributed by atoms with E-state index in [-0.39, 0.29) is 18.0 Å². The number of nitrogens with one attached hydrogen (secondary N) is 1. The summed E-state index contributed by atoms with van der Waals surface area (Å²) in [5.41, 5.74) is 1.79. The fraction of sp³-hybridized carbons (Fsp3) is 0.462. The molecule has 0 saturated carbocycles. The smallest absolute Gasteiger partial charge is 0.306 e. The minimum atomic E-state index is -0.516. The lowest BCUT2D eigenvalue weighted by Crippen LogP contribution is -2.24. The van der Waals surface area contributed by atoms with Crippen molar-refractivity contribution >= 4 is 11.6 Å². The molecule has 2 heterocycles. The molecular formula is C13H18N6O3. The lowest BCUT2D eigenvalue weighted by molar-refractivity contribution is -0.385. The van der Waals surface area contributed by atoms with E-state index in [1.54, 1.807) is 0 Å². The van der Waals surface area contributed by atoms with E-state index in [9.17, 15) is 14.9 Å². The van der Waals surface area contributed by atoms with Crippen LogP contribution in [0.2, 0.25) is 0 Å². The summed E-state index contributed by atoms with van der Waals surface area (Å²) in [5.74, 6) is -0.137. The van der Waals surface area contributed by atoms with Crippen molar-refractivity contribution in [3.8, 4) is 0 Å². The van der Waals surface area contributed by atoms with Crippen LogP contribution in [0.25, 0.3) is 0 Å². The third-order valence-corrected chi connectivity index (χ3v) is 3.25. The van der Waals surface area contributed by atoms with Gasteiger partial charge in [-0.05, 0) is 13.8 Å². The first kappa shape index (κ1) is 15.7. The van der Waals surface area contributed by atoms with Gasteiger partial charge in [0.05, 0.1) is 10.6 Å². The summed E-state index contributed by atoms with van der Waals surface area (Å²) in [6, 6.07) is 0. The van der Waals surface area contributed by atoms with Crippen molar-refractivity contribution in [3.05, 3.63) is 40.0 Å². The maximum Gasteiger partial charge on any atom is 0.306 e. The first-order valence-corrected chi connectivity index (χ1v) is 6.96. The fourth-order valence-corrected chi connectivity index (χ4v) is 1.96. The zero-order valence-corrected chi connectivity index (χ0v) is 12.5. The Morgan fingerprint density at radius 2 is 2.18 bits per heavy atom. The highest BCUT2D eigenvalue weighted by Gasteiger charge is 2.10. The van der Waals surface area contributed by atoms with Gasteiger partial charge in [0.25, 0.3) is 0 Å². The van der Waals surface area contributed by atoms with Crippen LogP contribution < -0.4 is 5.32 Å². The average molecular weight is 306 g/mol. The molecule has 0 aliphatic rings. The number of aromatic nitrogens is 4. The van der Waals surface area contributed by atoms with E-state index < -0.39 is 4.92 Å². The van der Waals surface area contributed by atoms with Gasteiger partial charge in [0.1, 0.15) is 12.4 Å². The molecule has 0 spiro atoms. The number of hydrogen-bond acceptors (Lipinski definition) is 5. The maximum atomic E-state index is 11.8. The van der Waals surface area contributed by atoms with Gasteiger partial charge < -0.3 is 5.32 Å². The minimum absolute atomic E-state index is 0.0805. The molecule has 0 saturated heterocycles. The van der Waals surface area contributed by atoms with Crippen LogP contribution in [0.1, 0.15) is 24.6 Å². The molecule has 2 aromatic heterocycles. The summed E-state index contributed by atoms with van der Waals surface area (Å²) >= 11 is 0. The number of hydrogen-bond donors (Lipinski definition) is 1. The Morgan fingerprint density at radius 1 is 1.41 bits per heavy atom. The second-order valence-corrected chi connectivity index (χ2v) is 4.84. The molecule has 0 aliphatic heterocycles. The third-order valence-electron chi connectivity index (χ3n) is 3.25. The number of aryl methyl sites for hydroxylation is 3. The van der Waals surface area contributed by atoms with Crippen LogP contribution in [-0.2, 0) is 24.4 Å². The number of nitrogens with zero attached hydrogens (tertiary/aromatic N) is 5. The van der Waals surface area contributed by atoms with Gasteiger partial charge in [0, 0.05) is 37.8 Å². The highest BCUT2D eigenvalue weighted by atomic mass is 16.6. The molecule has 118 valence electrons. The van der Waals surface area contributed by atoms with Crippen LogP contribution in [0.4, 0.5) is 5.69 Å². The Balaban J connectivity index is 1.80. The number of amides is 1. The van der Waals surface area contributed by atoms with Gasteiger partial charge in [-0.15, -0.1) is 0 Å². The van der Waals surface area contributed by atoms with Crippen LogP contribution in [0.5, 0.6) is 0 Å². The zero-order chi connectivity index (χ0) is 16.1. The highest BCUT2D eigenvalue weighted by Crippen LogP contribution is 2.08. The number of nitro groups is 1. The van der Waals surface area contributed by atoms with Crippen molar-refractivity contribution in [2.75, 3.05) is 0 Å². The lowest BCUT2D eigenvalue weighted by Gasteiger charge is -2.04. The molecule has 22 heavy (non-hydrogen) atoms. The standard InChI is InChI=1S/C13H18N6O3/c1-3-17-8-11(10(2)16-17)6-14-13(20)4-5-18-9-12(7-15-18)19(21)22/h7-9H,3-6H2,1-2H3,(H,14,20). The van der Waals surface area contributed by atoms with Crippen LogP contribution in [-0.4, -0.2) is 30.4 Å². The Morgan fingerprint density at radius 3 is 2.77 bits per heavy atom. The Hall–Kier alpha value is -2.71. The van der Waals surface area contributed by atoms with E-state index in [1.165, 1.54) is 17.1 Å². The summed E-state index contributed by atoms with van der Waals surface area (Å²) in [6.07, 6.45) is 4.59. The monoisotopic (exact) mass is 306 g/mol. The molecule has 0 aliphatic carbocycles. The van der Waals surface area contributed by atoms with Crippen LogP contribution in [0, 0.1) is 17.0 Å². The summed E-state index contributed by atoms with van der Waals surface area (Å²) in [5, 5.41) is 21.5.